The molecule has 186 valence electrons. The molecule has 1 aromatic carbocycles. The lowest BCUT2D eigenvalue weighted by atomic mass is 9.92. The lowest BCUT2D eigenvalue weighted by Crippen LogP contribution is -2.28. The van der Waals surface area contributed by atoms with Crippen LogP contribution in [0.2, 0.25) is 0 Å². The number of H-pyrrole nitrogens is 2. The predicted molar refractivity (Wildman–Crippen MR) is 124 cm³/mol. The molecule has 0 aliphatic heterocycles. The number of likely N-dealkylation sites (N-methyl/N-ethyl adjacent to an activating group) is 1. The molecule has 12 heteroatoms. The number of amides is 1. The van der Waals surface area contributed by atoms with Crippen molar-refractivity contribution in [3.8, 4) is 0 Å². The van der Waals surface area contributed by atoms with Gasteiger partial charge in [-0.15, -0.1) is 0 Å². The van der Waals surface area contributed by atoms with Crippen LogP contribution >= 0.6 is 0 Å². The Labute approximate surface area is 199 Å². The van der Waals surface area contributed by atoms with Crippen LogP contribution in [0.1, 0.15) is 47.4 Å². The van der Waals surface area contributed by atoms with Gasteiger partial charge in [0.15, 0.2) is 5.69 Å². The summed E-state index contributed by atoms with van der Waals surface area (Å²) >= 11 is 0. The first kappa shape index (κ1) is 24.6. The van der Waals surface area contributed by atoms with E-state index in [9.17, 15) is 18.0 Å². The van der Waals surface area contributed by atoms with Gasteiger partial charge in [0.2, 0.25) is 0 Å². The molecule has 0 saturated heterocycles. The third-order valence-electron chi connectivity index (χ3n) is 5.58. The van der Waals surface area contributed by atoms with Crippen molar-refractivity contribution in [3.05, 3.63) is 53.0 Å². The Morgan fingerprint density at radius 3 is 2.80 bits per heavy atom. The SMILES string of the molecule is CN(C)CCONC(=O)c1n[nH]c2ccc(N=C(C3=CCCCC3)c3cn[nH]c3C(F)(F)F)cc12. The molecule has 2 heterocycles. The first-order chi connectivity index (χ1) is 16.7. The third-order valence-corrected chi connectivity index (χ3v) is 5.58. The van der Waals surface area contributed by atoms with E-state index in [1.54, 1.807) is 18.2 Å². The van der Waals surface area contributed by atoms with E-state index in [1.807, 2.05) is 25.1 Å². The normalized spacial score (nSPS) is 15.0. The fourth-order valence-corrected chi connectivity index (χ4v) is 3.81. The van der Waals surface area contributed by atoms with Crippen molar-refractivity contribution >= 4 is 28.2 Å². The van der Waals surface area contributed by atoms with Crippen molar-refractivity contribution in [3.63, 3.8) is 0 Å². The van der Waals surface area contributed by atoms with Crippen LogP contribution in [-0.2, 0) is 11.0 Å². The number of benzene rings is 1. The monoisotopic (exact) mass is 489 g/mol. The third kappa shape index (κ3) is 5.77. The van der Waals surface area contributed by atoms with E-state index < -0.39 is 17.8 Å². The average molecular weight is 490 g/mol. The lowest BCUT2D eigenvalue weighted by Gasteiger charge is -2.16. The van der Waals surface area contributed by atoms with Crippen molar-refractivity contribution in [2.45, 2.75) is 31.9 Å². The number of nitrogens with one attached hydrogen (secondary N) is 3. The van der Waals surface area contributed by atoms with Gasteiger partial charge >= 0.3 is 6.18 Å². The molecule has 4 rings (SSSR count). The summed E-state index contributed by atoms with van der Waals surface area (Å²) in [4.78, 5) is 24.3. The summed E-state index contributed by atoms with van der Waals surface area (Å²) in [6.45, 7) is 0.911. The number of aromatic nitrogens is 4. The fraction of sp³-hybridized carbons (Fsp3) is 0.391. The lowest BCUT2D eigenvalue weighted by molar-refractivity contribution is -0.141. The van der Waals surface area contributed by atoms with Crippen molar-refractivity contribution in [2.24, 2.45) is 4.99 Å². The van der Waals surface area contributed by atoms with Gasteiger partial charge in [-0.1, -0.05) is 6.08 Å². The second kappa shape index (κ2) is 10.4. The van der Waals surface area contributed by atoms with Crippen LogP contribution in [0.25, 0.3) is 10.9 Å². The molecule has 0 atom stereocenters. The van der Waals surface area contributed by atoms with Crippen molar-refractivity contribution in [1.82, 2.24) is 30.8 Å². The number of halogens is 3. The number of nitrogens with zero attached hydrogens (tertiary/aromatic N) is 4. The van der Waals surface area contributed by atoms with E-state index in [0.717, 1.165) is 31.0 Å². The maximum Gasteiger partial charge on any atom is 0.433 e. The number of rotatable bonds is 8. The van der Waals surface area contributed by atoms with Gasteiger partial charge in [0.25, 0.3) is 5.91 Å². The zero-order chi connectivity index (χ0) is 25.0. The number of hydroxylamine groups is 1. The summed E-state index contributed by atoms with van der Waals surface area (Å²) in [5, 5.41) is 13.0. The zero-order valence-electron chi connectivity index (χ0n) is 19.4. The number of fused-ring (bicyclic) bond motifs is 1. The van der Waals surface area contributed by atoms with Crippen molar-refractivity contribution in [2.75, 3.05) is 27.2 Å². The second-order valence-electron chi connectivity index (χ2n) is 8.48. The van der Waals surface area contributed by atoms with Crippen LogP contribution in [-0.4, -0.2) is 64.2 Å². The molecule has 0 bridgehead atoms. The van der Waals surface area contributed by atoms with Gasteiger partial charge in [-0.3, -0.25) is 19.8 Å². The van der Waals surface area contributed by atoms with Crippen LogP contribution in [0.5, 0.6) is 0 Å². The van der Waals surface area contributed by atoms with Gasteiger partial charge in [-0.25, -0.2) is 10.5 Å². The van der Waals surface area contributed by atoms with Crippen LogP contribution < -0.4 is 5.48 Å². The van der Waals surface area contributed by atoms with Crippen LogP contribution in [0.4, 0.5) is 18.9 Å². The second-order valence-corrected chi connectivity index (χ2v) is 8.48. The van der Waals surface area contributed by atoms with E-state index in [-0.39, 0.29) is 17.0 Å². The van der Waals surface area contributed by atoms with Gasteiger partial charge in [0.1, 0.15) is 5.69 Å². The molecule has 0 unspecified atom stereocenters. The molecule has 1 aliphatic rings. The topological polar surface area (TPSA) is 111 Å². The minimum atomic E-state index is -4.60. The highest BCUT2D eigenvalue weighted by molar-refractivity contribution is 6.14. The minimum Gasteiger partial charge on any atom is -0.307 e. The molecule has 9 nitrogen and oxygen atoms in total. The summed E-state index contributed by atoms with van der Waals surface area (Å²) in [6.07, 6.45) is 1.70. The predicted octanol–water partition coefficient (Wildman–Crippen LogP) is 4.15. The zero-order valence-corrected chi connectivity index (χ0v) is 19.4. The minimum absolute atomic E-state index is 0.0969. The molecule has 35 heavy (non-hydrogen) atoms. The molecule has 0 radical (unpaired) electrons. The van der Waals surface area contributed by atoms with Gasteiger partial charge < -0.3 is 4.90 Å². The summed E-state index contributed by atoms with van der Waals surface area (Å²) < 4.78 is 40.8. The Morgan fingerprint density at radius 1 is 1.26 bits per heavy atom. The van der Waals surface area contributed by atoms with Crippen molar-refractivity contribution in [1.29, 1.82) is 0 Å². The maximum absolute atomic E-state index is 13.6. The van der Waals surface area contributed by atoms with E-state index in [0.29, 0.717) is 36.2 Å². The highest BCUT2D eigenvalue weighted by Crippen LogP contribution is 2.34. The Morgan fingerprint density at radius 2 is 2.09 bits per heavy atom. The molecule has 1 aliphatic carbocycles. The van der Waals surface area contributed by atoms with Crippen LogP contribution in [0.3, 0.4) is 0 Å². The fourth-order valence-electron chi connectivity index (χ4n) is 3.81. The van der Waals surface area contributed by atoms with E-state index in [2.05, 4.69) is 30.9 Å². The molecule has 2 aromatic heterocycles. The Balaban J connectivity index is 1.69. The molecule has 0 fully saturated rings. The number of aliphatic imine (C=N–C) groups is 1. The summed E-state index contributed by atoms with van der Waals surface area (Å²) in [6, 6.07) is 4.95. The Kier molecular flexibility index (Phi) is 7.31. The van der Waals surface area contributed by atoms with Gasteiger partial charge in [0.05, 0.1) is 35.3 Å². The molecular formula is C23H26F3N7O2. The Hall–Kier alpha value is -3.51. The molecule has 0 spiro atoms. The van der Waals surface area contributed by atoms with E-state index >= 15 is 0 Å². The number of carbonyl (C=O) groups is 1. The van der Waals surface area contributed by atoms with Crippen molar-refractivity contribution < 1.29 is 22.8 Å². The van der Waals surface area contributed by atoms with Gasteiger partial charge in [-0.2, -0.15) is 23.4 Å². The van der Waals surface area contributed by atoms with Gasteiger partial charge in [-0.05, 0) is 63.6 Å². The largest absolute Gasteiger partial charge is 0.433 e. The maximum atomic E-state index is 13.6. The van der Waals surface area contributed by atoms with E-state index in [4.69, 9.17) is 4.84 Å². The van der Waals surface area contributed by atoms with Crippen LogP contribution in [0, 0.1) is 0 Å². The highest BCUT2D eigenvalue weighted by atomic mass is 19.4. The average Bonchev–Trinajstić information content (AvgIpc) is 3.48. The summed E-state index contributed by atoms with van der Waals surface area (Å²) in [5.41, 5.74) is 3.33. The first-order valence-electron chi connectivity index (χ1n) is 11.2. The number of hydrogen-bond donors (Lipinski definition) is 3. The van der Waals surface area contributed by atoms with Crippen LogP contribution in [0.15, 0.2) is 41.0 Å². The number of aromatic amines is 2. The standard InChI is InChI=1S/C23H26F3N7O2/c1-33(2)10-11-35-32-22(34)20-16-12-15(8-9-18(16)29-30-20)28-19(14-6-4-3-5-7-14)17-13-27-31-21(17)23(24,25)26/h6,8-9,12-13H,3-5,7,10-11H2,1-2H3,(H,27,31)(H,29,30)(H,32,34). The number of hydrogen-bond acceptors (Lipinski definition) is 6. The van der Waals surface area contributed by atoms with E-state index in [1.165, 1.54) is 0 Å². The molecule has 3 N–H and O–H groups in total. The smallest absolute Gasteiger partial charge is 0.307 e. The Bertz CT molecular complexity index is 1260. The molecule has 0 saturated carbocycles. The number of alkyl halides is 3. The molecule has 1 amide bonds. The van der Waals surface area contributed by atoms with Gasteiger partial charge in [0, 0.05) is 11.9 Å². The molecular weight excluding hydrogens is 463 g/mol. The number of allylic oxidation sites excluding steroid dienone is 2. The summed E-state index contributed by atoms with van der Waals surface area (Å²) in [5.74, 6) is -0.541. The molecule has 3 aromatic rings. The quantitative estimate of drug-likeness (QED) is 0.250. The number of carbonyl (C=O) groups excluding carboxylic acids is 1. The summed E-state index contributed by atoms with van der Waals surface area (Å²) in [7, 11) is 3.76. The highest BCUT2D eigenvalue weighted by Gasteiger charge is 2.37. The first-order valence-corrected chi connectivity index (χ1v) is 11.2.